The first kappa shape index (κ1) is 12.8. The van der Waals surface area contributed by atoms with Crippen LogP contribution in [0, 0.1) is 13.8 Å². The molecule has 2 heterocycles. The Morgan fingerprint density at radius 2 is 2.00 bits per heavy atom. The summed E-state index contributed by atoms with van der Waals surface area (Å²) in [6.45, 7) is 3.47. The van der Waals surface area contributed by atoms with Gasteiger partial charge in [-0.25, -0.2) is 19.4 Å². The summed E-state index contributed by atoms with van der Waals surface area (Å²) in [5.74, 6) is -0.225. The lowest BCUT2D eigenvalue weighted by Gasteiger charge is -2.17. The van der Waals surface area contributed by atoms with Gasteiger partial charge in [-0.2, -0.15) is 5.10 Å². The fourth-order valence-electron chi connectivity index (χ4n) is 2.84. The Labute approximate surface area is 116 Å². The summed E-state index contributed by atoms with van der Waals surface area (Å²) in [5, 5.41) is 13.6. The van der Waals surface area contributed by atoms with Gasteiger partial charge in [-0.1, -0.05) is 0 Å². The molecule has 2 aromatic heterocycles. The highest BCUT2D eigenvalue weighted by atomic mass is 16.4. The fourth-order valence-corrected chi connectivity index (χ4v) is 2.84. The lowest BCUT2D eigenvalue weighted by atomic mass is 9.96. The van der Waals surface area contributed by atoms with E-state index in [0.29, 0.717) is 11.4 Å². The molecule has 1 N–H and O–H groups in total. The Kier molecular flexibility index (Phi) is 3.00. The molecule has 0 aromatic carbocycles. The van der Waals surface area contributed by atoms with E-state index < -0.39 is 5.97 Å². The average molecular weight is 272 g/mol. The van der Waals surface area contributed by atoms with Gasteiger partial charge in [0.25, 0.3) is 0 Å². The van der Waals surface area contributed by atoms with Gasteiger partial charge in [-0.05, 0) is 39.5 Å². The molecule has 1 aliphatic carbocycles. The molecule has 0 aliphatic heterocycles. The second kappa shape index (κ2) is 4.70. The number of carboxylic acids is 1. The number of carboxylic acid groups (broad SMARTS) is 1. The molecule has 3 rings (SSSR count). The third-order valence-electron chi connectivity index (χ3n) is 3.81. The van der Waals surface area contributed by atoms with Crippen molar-refractivity contribution >= 4 is 5.97 Å². The first-order valence-electron chi connectivity index (χ1n) is 6.72. The monoisotopic (exact) mass is 272 g/mol. The van der Waals surface area contributed by atoms with Gasteiger partial charge in [0, 0.05) is 11.3 Å². The number of fused-ring (bicyclic) bond motifs is 1. The van der Waals surface area contributed by atoms with Crippen LogP contribution < -0.4 is 0 Å². The van der Waals surface area contributed by atoms with Crippen molar-refractivity contribution < 1.29 is 9.90 Å². The Morgan fingerprint density at radius 3 is 2.70 bits per heavy atom. The summed E-state index contributed by atoms with van der Waals surface area (Å²) in [5.41, 5.74) is 3.54. The lowest BCUT2D eigenvalue weighted by Crippen LogP contribution is -2.14. The molecule has 0 saturated heterocycles. The van der Waals surface area contributed by atoms with Crippen molar-refractivity contribution in [2.24, 2.45) is 0 Å². The van der Waals surface area contributed by atoms with E-state index in [0.717, 1.165) is 42.8 Å². The van der Waals surface area contributed by atoms with E-state index in [9.17, 15) is 9.90 Å². The summed E-state index contributed by atoms with van der Waals surface area (Å²) in [7, 11) is 0. The van der Waals surface area contributed by atoms with Crippen LogP contribution in [0.5, 0.6) is 0 Å². The first-order valence-corrected chi connectivity index (χ1v) is 6.72. The number of nitrogens with zero attached hydrogens (tertiary/aromatic N) is 4. The normalized spacial score (nSPS) is 14.1. The van der Waals surface area contributed by atoms with E-state index in [2.05, 4.69) is 15.1 Å². The SMILES string of the molecule is Cc1nn(-c2ncnc3c2CCCC3)c(C)c1C(=O)O. The Bertz CT molecular complexity index is 691. The number of hydrogen-bond donors (Lipinski definition) is 1. The summed E-state index contributed by atoms with van der Waals surface area (Å²) < 4.78 is 1.64. The molecule has 0 unspecified atom stereocenters. The van der Waals surface area contributed by atoms with Gasteiger partial charge in [0.2, 0.25) is 0 Å². The van der Waals surface area contributed by atoms with Crippen LogP contribution in [-0.4, -0.2) is 30.8 Å². The second-order valence-electron chi connectivity index (χ2n) is 5.09. The number of aromatic nitrogens is 4. The van der Waals surface area contributed by atoms with Gasteiger partial charge in [0.1, 0.15) is 11.9 Å². The van der Waals surface area contributed by atoms with Crippen molar-refractivity contribution in [2.75, 3.05) is 0 Å². The van der Waals surface area contributed by atoms with Crippen LogP contribution in [0.15, 0.2) is 6.33 Å². The zero-order valence-corrected chi connectivity index (χ0v) is 11.6. The van der Waals surface area contributed by atoms with E-state index in [-0.39, 0.29) is 5.56 Å². The van der Waals surface area contributed by atoms with Gasteiger partial charge >= 0.3 is 5.97 Å². The summed E-state index contributed by atoms with van der Waals surface area (Å²) in [4.78, 5) is 20.0. The van der Waals surface area contributed by atoms with Crippen LogP contribution in [0.4, 0.5) is 0 Å². The summed E-state index contributed by atoms with van der Waals surface area (Å²) >= 11 is 0. The predicted molar refractivity (Wildman–Crippen MR) is 72.2 cm³/mol. The molecular formula is C14H16N4O2. The molecule has 0 amide bonds. The highest BCUT2D eigenvalue weighted by molar-refractivity contribution is 5.90. The van der Waals surface area contributed by atoms with Gasteiger partial charge in [0.15, 0.2) is 5.82 Å². The Hall–Kier alpha value is -2.24. The molecule has 0 atom stereocenters. The third-order valence-corrected chi connectivity index (χ3v) is 3.81. The van der Waals surface area contributed by atoms with E-state index in [1.54, 1.807) is 18.5 Å². The van der Waals surface area contributed by atoms with E-state index in [1.807, 2.05) is 0 Å². The number of rotatable bonds is 2. The summed E-state index contributed by atoms with van der Waals surface area (Å²) in [6, 6.07) is 0. The van der Waals surface area contributed by atoms with Crippen molar-refractivity contribution in [1.82, 2.24) is 19.7 Å². The van der Waals surface area contributed by atoms with E-state index in [1.165, 1.54) is 6.33 Å². The smallest absolute Gasteiger partial charge is 0.339 e. The van der Waals surface area contributed by atoms with Gasteiger partial charge < -0.3 is 5.11 Å². The lowest BCUT2D eigenvalue weighted by molar-refractivity contribution is 0.0695. The Balaban J connectivity index is 2.20. The zero-order chi connectivity index (χ0) is 14.3. The Morgan fingerprint density at radius 1 is 1.25 bits per heavy atom. The van der Waals surface area contributed by atoms with Crippen LogP contribution >= 0.6 is 0 Å². The van der Waals surface area contributed by atoms with Crippen molar-refractivity contribution in [3.05, 3.63) is 34.5 Å². The van der Waals surface area contributed by atoms with Crippen LogP contribution in [0.25, 0.3) is 5.82 Å². The van der Waals surface area contributed by atoms with Crippen LogP contribution in [0.3, 0.4) is 0 Å². The molecule has 6 nitrogen and oxygen atoms in total. The molecule has 6 heteroatoms. The molecular weight excluding hydrogens is 256 g/mol. The van der Waals surface area contributed by atoms with Gasteiger partial charge in [-0.15, -0.1) is 0 Å². The van der Waals surface area contributed by atoms with Gasteiger partial charge in [0.05, 0.1) is 11.4 Å². The van der Waals surface area contributed by atoms with Gasteiger partial charge in [-0.3, -0.25) is 0 Å². The topological polar surface area (TPSA) is 80.9 Å². The van der Waals surface area contributed by atoms with Crippen molar-refractivity contribution in [3.63, 3.8) is 0 Å². The molecule has 0 radical (unpaired) electrons. The van der Waals surface area contributed by atoms with Crippen LogP contribution in [0.2, 0.25) is 0 Å². The minimum atomic E-state index is -0.950. The molecule has 0 saturated carbocycles. The standard InChI is InChI=1S/C14H16N4O2/c1-8-12(14(19)20)9(2)18(17-8)13-10-5-3-4-6-11(10)15-7-16-13/h7H,3-6H2,1-2H3,(H,19,20). The maximum atomic E-state index is 11.3. The summed E-state index contributed by atoms with van der Waals surface area (Å²) in [6.07, 6.45) is 5.66. The van der Waals surface area contributed by atoms with E-state index in [4.69, 9.17) is 0 Å². The quantitative estimate of drug-likeness (QED) is 0.902. The maximum Gasteiger partial charge on any atom is 0.339 e. The fraction of sp³-hybridized carbons (Fsp3) is 0.429. The molecule has 20 heavy (non-hydrogen) atoms. The zero-order valence-electron chi connectivity index (χ0n) is 11.6. The van der Waals surface area contributed by atoms with Crippen molar-refractivity contribution in [2.45, 2.75) is 39.5 Å². The number of aromatic carboxylic acids is 1. The number of aryl methyl sites for hydroxylation is 2. The minimum absolute atomic E-state index is 0.258. The molecule has 1 aliphatic rings. The largest absolute Gasteiger partial charge is 0.478 e. The van der Waals surface area contributed by atoms with Crippen LogP contribution in [-0.2, 0) is 12.8 Å². The van der Waals surface area contributed by atoms with E-state index >= 15 is 0 Å². The number of carbonyl (C=O) groups is 1. The third kappa shape index (κ3) is 1.88. The molecule has 0 spiro atoms. The molecule has 104 valence electrons. The van der Waals surface area contributed by atoms with Crippen molar-refractivity contribution in [1.29, 1.82) is 0 Å². The maximum absolute atomic E-state index is 11.3. The highest BCUT2D eigenvalue weighted by Crippen LogP contribution is 2.25. The highest BCUT2D eigenvalue weighted by Gasteiger charge is 2.23. The molecule has 2 aromatic rings. The number of hydrogen-bond acceptors (Lipinski definition) is 4. The predicted octanol–water partition coefficient (Wildman–Crippen LogP) is 1.86. The molecule has 0 fully saturated rings. The second-order valence-corrected chi connectivity index (χ2v) is 5.09. The minimum Gasteiger partial charge on any atom is -0.478 e. The van der Waals surface area contributed by atoms with Crippen molar-refractivity contribution in [3.8, 4) is 5.82 Å². The van der Waals surface area contributed by atoms with Crippen LogP contribution in [0.1, 0.15) is 45.8 Å². The molecule has 0 bridgehead atoms. The first-order chi connectivity index (χ1) is 9.59. The average Bonchev–Trinajstić information content (AvgIpc) is 2.73.